The lowest BCUT2D eigenvalue weighted by atomic mass is 10.3. The molecule has 0 fully saturated rings. The second kappa shape index (κ2) is 7.83. The van der Waals surface area contributed by atoms with E-state index in [4.69, 9.17) is 4.74 Å². The predicted molar refractivity (Wildman–Crippen MR) is 98.5 cm³/mol. The molecule has 0 aliphatic rings. The number of anilines is 1. The lowest BCUT2D eigenvalue weighted by Crippen LogP contribution is -2.20. The van der Waals surface area contributed by atoms with Crippen LogP contribution in [-0.4, -0.2) is 31.4 Å². The van der Waals surface area contributed by atoms with Gasteiger partial charge in [-0.15, -0.1) is 0 Å². The summed E-state index contributed by atoms with van der Waals surface area (Å²) in [6.45, 7) is 0. The van der Waals surface area contributed by atoms with Crippen molar-refractivity contribution in [2.75, 3.05) is 11.8 Å². The maximum Gasteiger partial charge on any atom is 0.264 e. The normalized spacial score (nSPS) is 11.8. The van der Waals surface area contributed by atoms with E-state index in [0.29, 0.717) is 11.4 Å². The molecule has 0 saturated heterocycles. The van der Waals surface area contributed by atoms with Crippen LogP contribution in [0.2, 0.25) is 0 Å². The zero-order valence-corrected chi connectivity index (χ0v) is 15.1. The van der Waals surface area contributed by atoms with Gasteiger partial charge in [-0.1, -0.05) is 24.3 Å². The molecule has 0 atom stereocenters. The molecule has 3 rings (SSSR count). The molecule has 9 heteroatoms. The summed E-state index contributed by atoms with van der Waals surface area (Å²) in [5.74, 6) is -0.122. The minimum atomic E-state index is -3.80. The molecule has 3 aromatic rings. The van der Waals surface area contributed by atoms with Crippen molar-refractivity contribution in [2.24, 2.45) is 4.99 Å². The Bertz CT molecular complexity index is 1050. The van der Waals surface area contributed by atoms with Gasteiger partial charge in [-0.05, 0) is 30.2 Å². The molecule has 0 amide bonds. The van der Waals surface area contributed by atoms with Crippen molar-refractivity contribution in [1.29, 1.82) is 0 Å². The highest BCUT2D eigenvalue weighted by Crippen LogP contribution is 2.20. The van der Waals surface area contributed by atoms with E-state index in [1.54, 1.807) is 42.5 Å². The number of sulfonamides is 1. The van der Waals surface area contributed by atoms with Crippen LogP contribution in [-0.2, 0) is 10.0 Å². The van der Waals surface area contributed by atoms with E-state index in [2.05, 4.69) is 19.7 Å². The molecule has 1 heterocycles. The van der Waals surface area contributed by atoms with Crippen LogP contribution >= 0.6 is 0 Å². The molecule has 0 unspecified atom stereocenters. The number of ether oxygens (including phenoxy) is 1. The highest BCUT2D eigenvalue weighted by Gasteiger charge is 2.14. The van der Waals surface area contributed by atoms with E-state index < -0.39 is 15.9 Å². The van der Waals surface area contributed by atoms with E-state index in [0.717, 1.165) is 0 Å². The fraction of sp³-hybridized carbons (Fsp3) is 0.0556. The number of nitrogens with zero attached hydrogens (tertiary/aromatic N) is 3. The fourth-order valence-electron chi connectivity index (χ4n) is 2.13. The van der Waals surface area contributed by atoms with Gasteiger partial charge in [0.15, 0.2) is 0 Å². The minimum Gasteiger partial charge on any atom is -0.858 e. The van der Waals surface area contributed by atoms with Crippen LogP contribution in [0, 0.1) is 0 Å². The van der Waals surface area contributed by atoms with Gasteiger partial charge in [-0.25, -0.2) is 23.1 Å². The van der Waals surface area contributed by atoms with Gasteiger partial charge in [-0.2, -0.15) is 0 Å². The monoisotopic (exact) mass is 383 g/mol. The molecule has 0 radical (unpaired) electrons. The van der Waals surface area contributed by atoms with Gasteiger partial charge in [0.2, 0.25) is 5.95 Å². The summed E-state index contributed by atoms with van der Waals surface area (Å²) in [5.41, 5.74) is 0.550. The molecule has 2 aromatic carbocycles. The average Bonchev–Trinajstić information content (AvgIpc) is 2.69. The predicted octanol–water partition coefficient (Wildman–Crippen LogP) is 1.72. The lowest BCUT2D eigenvalue weighted by Gasteiger charge is -2.11. The zero-order chi connectivity index (χ0) is 19.3. The average molecular weight is 383 g/mol. The van der Waals surface area contributed by atoms with E-state index in [1.807, 2.05) is 0 Å². The van der Waals surface area contributed by atoms with Gasteiger partial charge in [0.1, 0.15) is 5.75 Å². The quantitative estimate of drug-likeness (QED) is 0.512. The van der Waals surface area contributed by atoms with Crippen molar-refractivity contribution in [1.82, 2.24) is 9.97 Å². The summed E-state index contributed by atoms with van der Waals surface area (Å²) in [7, 11) is -2.28. The van der Waals surface area contributed by atoms with E-state index in [9.17, 15) is 13.5 Å². The Kier molecular flexibility index (Phi) is 5.32. The van der Waals surface area contributed by atoms with E-state index >= 15 is 0 Å². The van der Waals surface area contributed by atoms with Gasteiger partial charge in [0, 0.05) is 24.0 Å². The first-order chi connectivity index (χ1) is 13.0. The Hall–Kier alpha value is -3.46. The Balaban J connectivity index is 1.77. The third kappa shape index (κ3) is 4.59. The largest absolute Gasteiger partial charge is 0.858 e. The van der Waals surface area contributed by atoms with Crippen LogP contribution in [0.4, 0.5) is 11.6 Å². The van der Waals surface area contributed by atoms with Crippen LogP contribution in [0.1, 0.15) is 5.56 Å². The number of nitrogens with one attached hydrogen (secondary N) is 1. The van der Waals surface area contributed by atoms with Crippen LogP contribution in [0.3, 0.4) is 0 Å². The molecule has 0 spiro atoms. The number of rotatable bonds is 6. The Morgan fingerprint density at radius 2 is 1.78 bits per heavy atom. The third-order valence-electron chi connectivity index (χ3n) is 3.46. The number of aromatic nitrogens is 2. The number of hydrogen-bond acceptors (Lipinski definition) is 7. The second-order valence-electron chi connectivity index (χ2n) is 5.33. The summed E-state index contributed by atoms with van der Waals surface area (Å²) in [6.07, 6.45) is 2.42. The summed E-state index contributed by atoms with van der Waals surface area (Å²) in [5, 5.41) is 12.2. The number of hydrogen-bond donors (Lipinski definition) is 1. The zero-order valence-electron chi connectivity index (χ0n) is 14.2. The van der Waals surface area contributed by atoms with Crippen molar-refractivity contribution in [3.63, 3.8) is 0 Å². The van der Waals surface area contributed by atoms with Gasteiger partial charge < -0.3 is 9.84 Å². The van der Waals surface area contributed by atoms with Gasteiger partial charge in [-0.3, -0.25) is 4.99 Å². The number of benzene rings is 2. The number of methoxy groups -OCH3 is 1. The Morgan fingerprint density at radius 3 is 2.44 bits per heavy atom. The molecule has 0 aliphatic carbocycles. The molecule has 27 heavy (non-hydrogen) atoms. The fourth-order valence-corrected chi connectivity index (χ4v) is 3.11. The topological polar surface area (TPSA) is 117 Å². The summed E-state index contributed by atoms with van der Waals surface area (Å²) in [4.78, 5) is 11.8. The van der Waals surface area contributed by atoms with Crippen molar-refractivity contribution in [3.05, 3.63) is 72.6 Å². The van der Waals surface area contributed by atoms with Gasteiger partial charge in [0.05, 0.1) is 17.7 Å². The second-order valence-corrected chi connectivity index (χ2v) is 7.01. The molecule has 0 bridgehead atoms. The summed E-state index contributed by atoms with van der Waals surface area (Å²) >= 11 is 0. The molecular formula is C18H15N4O4S-. The first-order valence-corrected chi connectivity index (χ1v) is 9.26. The lowest BCUT2D eigenvalue weighted by molar-refractivity contribution is -0.212. The first kappa shape index (κ1) is 18.3. The summed E-state index contributed by atoms with van der Waals surface area (Å²) < 4.78 is 31.8. The molecule has 1 N–H and O–H groups in total. The van der Waals surface area contributed by atoms with Crippen LogP contribution in [0.5, 0.6) is 5.75 Å². The Morgan fingerprint density at radius 1 is 1.07 bits per heavy atom. The van der Waals surface area contributed by atoms with Crippen LogP contribution in [0.25, 0.3) is 0 Å². The smallest absolute Gasteiger partial charge is 0.264 e. The van der Waals surface area contributed by atoms with E-state index in [-0.39, 0.29) is 16.4 Å². The van der Waals surface area contributed by atoms with Crippen molar-refractivity contribution in [3.8, 4) is 5.75 Å². The maximum atomic E-state index is 12.2. The molecule has 138 valence electrons. The summed E-state index contributed by atoms with van der Waals surface area (Å²) in [6, 6.07) is 14.5. The van der Waals surface area contributed by atoms with Crippen molar-refractivity contribution < 1.29 is 18.3 Å². The van der Waals surface area contributed by atoms with Gasteiger partial charge in [0.25, 0.3) is 10.0 Å². The maximum absolute atomic E-state index is 12.2. The SMILES string of the molecule is COc1cccc(N=C([O-])c2cnc(NS(=O)(=O)c3ccccc3)nc2)c1. The van der Waals surface area contributed by atoms with Crippen LogP contribution < -0.4 is 14.6 Å². The number of aliphatic imine (C=N–C) groups is 1. The highest BCUT2D eigenvalue weighted by atomic mass is 32.2. The van der Waals surface area contributed by atoms with Crippen molar-refractivity contribution >= 4 is 27.6 Å². The molecule has 1 aromatic heterocycles. The van der Waals surface area contributed by atoms with E-state index in [1.165, 1.54) is 31.6 Å². The van der Waals surface area contributed by atoms with Crippen LogP contribution in [0.15, 0.2) is 76.9 Å². The molecule has 0 saturated carbocycles. The van der Waals surface area contributed by atoms with Crippen molar-refractivity contribution in [2.45, 2.75) is 4.90 Å². The molecule has 0 aliphatic heterocycles. The Labute approximate surface area is 156 Å². The highest BCUT2D eigenvalue weighted by molar-refractivity contribution is 7.92. The molecular weight excluding hydrogens is 368 g/mol. The van der Waals surface area contributed by atoms with Gasteiger partial charge >= 0.3 is 0 Å². The third-order valence-corrected chi connectivity index (χ3v) is 4.81. The standard InChI is InChI=1S/C18H16N4O4S/c1-26-15-7-5-6-14(10-15)21-17(23)13-11-19-18(20-12-13)22-27(24,25)16-8-3-2-4-9-16/h2-12H,1H3,(H,21,23)(H,19,20,22)/p-1. The minimum absolute atomic E-state index is 0.0850. The molecule has 8 nitrogen and oxygen atoms in total. The first-order valence-electron chi connectivity index (χ1n) is 7.78.